The van der Waals surface area contributed by atoms with Crippen molar-refractivity contribution in [2.75, 3.05) is 5.32 Å². The first-order valence-corrected chi connectivity index (χ1v) is 6.85. The molecule has 2 aromatic carbocycles. The van der Waals surface area contributed by atoms with Crippen molar-refractivity contribution < 1.29 is 9.18 Å². The van der Waals surface area contributed by atoms with Gasteiger partial charge in [0.1, 0.15) is 5.82 Å². The maximum Gasteiger partial charge on any atom is 0.248 e. The van der Waals surface area contributed by atoms with Crippen LogP contribution in [0.1, 0.15) is 21.5 Å². The largest absolute Gasteiger partial charge is 0.381 e. The second-order valence-electron chi connectivity index (χ2n) is 4.48. The molecule has 0 aliphatic heterocycles. The molecule has 104 valence electrons. The molecule has 0 aliphatic rings. The van der Waals surface area contributed by atoms with E-state index in [2.05, 4.69) is 21.2 Å². The molecule has 0 unspecified atom stereocenters. The van der Waals surface area contributed by atoms with Gasteiger partial charge in [-0.3, -0.25) is 4.79 Å². The van der Waals surface area contributed by atoms with Gasteiger partial charge in [0.25, 0.3) is 0 Å². The maximum absolute atomic E-state index is 13.8. The summed E-state index contributed by atoms with van der Waals surface area (Å²) >= 11 is 3.40. The van der Waals surface area contributed by atoms with E-state index in [1.807, 2.05) is 25.1 Å². The lowest BCUT2D eigenvalue weighted by atomic mass is 10.1. The Kier molecular flexibility index (Phi) is 4.39. The first kappa shape index (κ1) is 14.5. The molecule has 0 saturated heterocycles. The third-order valence-corrected chi connectivity index (χ3v) is 3.50. The summed E-state index contributed by atoms with van der Waals surface area (Å²) in [7, 11) is 0. The topological polar surface area (TPSA) is 55.1 Å². The van der Waals surface area contributed by atoms with Crippen LogP contribution < -0.4 is 11.1 Å². The van der Waals surface area contributed by atoms with Crippen LogP contribution in [-0.4, -0.2) is 5.91 Å². The summed E-state index contributed by atoms with van der Waals surface area (Å²) in [6.45, 7) is 2.31. The van der Waals surface area contributed by atoms with E-state index in [0.29, 0.717) is 12.1 Å². The molecule has 0 atom stereocenters. The van der Waals surface area contributed by atoms with E-state index in [4.69, 9.17) is 5.73 Å². The molecule has 3 N–H and O–H groups in total. The Morgan fingerprint density at radius 2 is 2.05 bits per heavy atom. The van der Waals surface area contributed by atoms with Crippen molar-refractivity contribution >= 4 is 27.5 Å². The number of amides is 1. The van der Waals surface area contributed by atoms with Gasteiger partial charge in [-0.15, -0.1) is 0 Å². The van der Waals surface area contributed by atoms with Crippen LogP contribution in [0.3, 0.4) is 0 Å². The molecule has 0 heterocycles. The molecule has 20 heavy (non-hydrogen) atoms. The first-order valence-electron chi connectivity index (χ1n) is 6.05. The second-order valence-corrected chi connectivity index (χ2v) is 5.40. The van der Waals surface area contributed by atoms with Gasteiger partial charge >= 0.3 is 0 Å². The van der Waals surface area contributed by atoms with Crippen LogP contribution in [0.15, 0.2) is 40.9 Å². The van der Waals surface area contributed by atoms with Gasteiger partial charge in [0.05, 0.1) is 0 Å². The van der Waals surface area contributed by atoms with Gasteiger partial charge in [-0.05, 0) is 36.8 Å². The molecule has 0 fully saturated rings. The van der Waals surface area contributed by atoms with E-state index in [1.165, 1.54) is 6.07 Å². The minimum absolute atomic E-state index is 0.171. The summed E-state index contributed by atoms with van der Waals surface area (Å²) in [4.78, 5) is 11.0. The number of primary amides is 1. The zero-order valence-electron chi connectivity index (χ0n) is 10.9. The van der Waals surface area contributed by atoms with Crippen LogP contribution in [0, 0.1) is 12.7 Å². The van der Waals surface area contributed by atoms with Gasteiger partial charge in [0, 0.05) is 27.8 Å². The van der Waals surface area contributed by atoms with Gasteiger partial charge in [0.15, 0.2) is 0 Å². The molecule has 0 radical (unpaired) electrons. The molecule has 2 rings (SSSR count). The zero-order chi connectivity index (χ0) is 14.7. The van der Waals surface area contributed by atoms with E-state index < -0.39 is 11.7 Å². The minimum Gasteiger partial charge on any atom is -0.381 e. The molecular weight excluding hydrogens is 323 g/mol. The Labute approximate surface area is 125 Å². The highest BCUT2D eigenvalue weighted by molar-refractivity contribution is 9.10. The molecule has 0 aromatic heterocycles. The predicted molar refractivity (Wildman–Crippen MR) is 81.1 cm³/mol. The highest BCUT2D eigenvalue weighted by Gasteiger charge is 2.07. The third-order valence-electron chi connectivity index (χ3n) is 3.01. The van der Waals surface area contributed by atoms with Crippen LogP contribution in [0.2, 0.25) is 0 Å². The fourth-order valence-corrected chi connectivity index (χ4v) is 2.18. The highest BCUT2D eigenvalue weighted by atomic mass is 79.9. The monoisotopic (exact) mass is 336 g/mol. The number of carbonyl (C=O) groups is 1. The highest BCUT2D eigenvalue weighted by Crippen LogP contribution is 2.21. The van der Waals surface area contributed by atoms with Gasteiger partial charge in [0.2, 0.25) is 5.91 Å². The molecule has 0 bridgehead atoms. The van der Waals surface area contributed by atoms with Crippen LogP contribution in [0.5, 0.6) is 0 Å². The molecule has 0 saturated carbocycles. The van der Waals surface area contributed by atoms with Crippen molar-refractivity contribution in [3.63, 3.8) is 0 Å². The first-order chi connectivity index (χ1) is 9.47. The fourth-order valence-electron chi connectivity index (χ4n) is 1.82. The van der Waals surface area contributed by atoms with Crippen molar-refractivity contribution in [3.8, 4) is 0 Å². The summed E-state index contributed by atoms with van der Waals surface area (Å²) in [6, 6.07) is 10.1. The quantitative estimate of drug-likeness (QED) is 0.896. The van der Waals surface area contributed by atoms with Crippen LogP contribution in [-0.2, 0) is 6.54 Å². The molecule has 0 spiro atoms. The zero-order valence-corrected chi connectivity index (χ0v) is 12.5. The van der Waals surface area contributed by atoms with Crippen LogP contribution in [0.4, 0.5) is 10.1 Å². The molecule has 1 amide bonds. The average molecular weight is 337 g/mol. The van der Waals surface area contributed by atoms with E-state index in [0.717, 1.165) is 21.8 Å². The SMILES string of the molecule is Cc1ccc(Br)cc1NCc1ccc(C(N)=O)cc1F. The van der Waals surface area contributed by atoms with E-state index in [-0.39, 0.29) is 5.56 Å². The molecule has 2 aromatic rings. The van der Waals surface area contributed by atoms with Gasteiger partial charge < -0.3 is 11.1 Å². The standard InChI is InChI=1S/C15H14BrFN2O/c1-9-2-5-12(16)7-14(9)19-8-11-4-3-10(15(18)20)6-13(11)17/h2-7,19H,8H2,1H3,(H2,18,20). The Balaban J connectivity index is 2.15. The summed E-state index contributed by atoms with van der Waals surface area (Å²) < 4.78 is 14.8. The van der Waals surface area contributed by atoms with Crippen molar-refractivity contribution in [2.45, 2.75) is 13.5 Å². The number of anilines is 1. The lowest BCUT2D eigenvalue weighted by Gasteiger charge is -2.11. The fraction of sp³-hybridized carbons (Fsp3) is 0.133. The normalized spacial score (nSPS) is 10.3. The summed E-state index contributed by atoms with van der Waals surface area (Å²) in [5, 5.41) is 3.17. The van der Waals surface area contributed by atoms with E-state index in [1.54, 1.807) is 6.07 Å². The van der Waals surface area contributed by atoms with Crippen molar-refractivity contribution in [1.29, 1.82) is 0 Å². The lowest BCUT2D eigenvalue weighted by molar-refractivity contribution is 0.1000. The number of nitrogens with one attached hydrogen (secondary N) is 1. The smallest absolute Gasteiger partial charge is 0.248 e. The lowest BCUT2D eigenvalue weighted by Crippen LogP contribution is -2.12. The number of halogens is 2. The maximum atomic E-state index is 13.8. The van der Waals surface area contributed by atoms with Gasteiger partial charge in [-0.2, -0.15) is 0 Å². The molecule has 5 heteroatoms. The number of hydrogen-bond acceptors (Lipinski definition) is 2. The minimum atomic E-state index is -0.633. The number of benzene rings is 2. The summed E-state index contributed by atoms with van der Waals surface area (Å²) in [5.74, 6) is -1.08. The van der Waals surface area contributed by atoms with Crippen molar-refractivity contribution in [3.05, 3.63) is 63.4 Å². The second kappa shape index (κ2) is 6.05. The summed E-state index contributed by atoms with van der Waals surface area (Å²) in [6.07, 6.45) is 0. The number of carbonyl (C=O) groups excluding carboxylic acids is 1. The van der Waals surface area contributed by atoms with E-state index >= 15 is 0 Å². The van der Waals surface area contributed by atoms with Crippen LogP contribution in [0.25, 0.3) is 0 Å². The van der Waals surface area contributed by atoms with E-state index in [9.17, 15) is 9.18 Å². The number of nitrogens with two attached hydrogens (primary N) is 1. The Morgan fingerprint density at radius 3 is 2.70 bits per heavy atom. The molecule has 0 aliphatic carbocycles. The van der Waals surface area contributed by atoms with Crippen molar-refractivity contribution in [1.82, 2.24) is 0 Å². The van der Waals surface area contributed by atoms with Crippen LogP contribution >= 0.6 is 15.9 Å². The number of rotatable bonds is 4. The Hall–Kier alpha value is -1.88. The van der Waals surface area contributed by atoms with Crippen molar-refractivity contribution in [2.24, 2.45) is 5.73 Å². The molecule has 3 nitrogen and oxygen atoms in total. The van der Waals surface area contributed by atoms with Gasteiger partial charge in [-0.25, -0.2) is 4.39 Å². The summed E-state index contributed by atoms with van der Waals surface area (Å²) in [5.41, 5.74) is 7.76. The Morgan fingerprint density at radius 1 is 1.30 bits per heavy atom. The number of hydrogen-bond donors (Lipinski definition) is 2. The molecular formula is C15H14BrFN2O. The average Bonchev–Trinajstić information content (AvgIpc) is 2.40. The Bertz CT molecular complexity index is 658. The third kappa shape index (κ3) is 3.36. The van der Waals surface area contributed by atoms with Gasteiger partial charge in [-0.1, -0.05) is 28.1 Å². The predicted octanol–water partition coefficient (Wildman–Crippen LogP) is 3.61. The number of aryl methyl sites for hydroxylation is 1.